The lowest BCUT2D eigenvalue weighted by Crippen LogP contribution is -2.42. The van der Waals surface area contributed by atoms with Gasteiger partial charge in [-0.25, -0.2) is 9.89 Å². The minimum atomic E-state index is -0.682. The van der Waals surface area contributed by atoms with Crippen LogP contribution in [0.2, 0.25) is 0 Å². The zero-order valence-electron chi connectivity index (χ0n) is 22.6. The minimum absolute atomic E-state index is 0.00683. The van der Waals surface area contributed by atoms with Gasteiger partial charge in [-0.15, -0.1) is 0 Å². The van der Waals surface area contributed by atoms with Crippen molar-refractivity contribution in [3.63, 3.8) is 0 Å². The number of nitrogens with zero attached hydrogens (tertiary/aromatic N) is 3. The van der Waals surface area contributed by atoms with E-state index in [9.17, 15) is 14.4 Å². The van der Waals surface area contributed by atoms with E-state index >= 15 is 0 Å². The number of anilines is 1. The number of hydrogen-bond acceptors (Lipinski definition) is 8. The van der Waals surface area contributed by atoms with Crippen molar-refractivity contribution >= 4 is 51.9 Å². The van der Waals surface area contributed by atoms with Gasteiger partial charge in [-0.3, -0.25) is 19.4 Å². The summed E-state index contributed by atoms with van der Waals surface area (Å²) in [4.78, 5) is 49.9. The van der Waals surface area contributed by atoms with E-state index in [-0.39, 0.29) is 35.9 Å². The first kappa shape index (κ1) is 27.7. The van der Waals surface area contributed by atoms with Gasteiger partial charge in [-0.1, -0.05) is 43.2 Å². The molecule has 0 bridgehead atoms. The Kier molecular flexibility index (Phi) is 8.69. The molecule has 1 fully saturated rings. The van der Waals surface area contributed by atoms with Crippen molar-refractivity contribution in [2.24, 2.45) is 9.98 Å². The Morgan fingerprint density at radius 2 is 1.85 bits per heavy atom. The van der Waals surface area contributed by atoms with Crippen LogP contribution in [-0.4, -0.2) is 65.7 Å². The molecular formula is C29H33N5O5S. The summed E-state index contributed by atoms with van der Waals surface area (Å²) in [6, 6.07) is 12.1. The number of thioether (sulfide) groups is 1. The number of amidine groups is 2. The Balaban J connectivity index is 1.26. The molecule has 2 aromatic carbocycles. The second kappa shape index (κ2) is 12.5. The van der Waals surface area contributed by atoms with Gasteiger partial charge in [-0.05, 0) is 43.5 Å². The maximum absolute atomic E-state index is 13.5. The first-order chi connectivity index (χ1) is 19.5. The van der Waals surface area contributed by atoms with E-state index in [0.717, 1.165) is 43.0 Å². The number of benzene rings is 2. The molecule has 1 atom stereocenters. The Hall–Kier alpha value is -3.86. The van der Waals surface area contributed by atoms with Gasteiger partial charge >= 0.3 is 0 Å². The summed E-state index contributed by atoms with van der Waals surface area (Å²) >= 11 is 1.15. The van der Waals surface area contributed by atoms with Gasteiger partial charge in [0.05, 0.1) is 31.3 Å². The molecule has 11 heteroatoms. The fraction of sp³-hybridized carbons (Fsp3) is 0.414. The van der Waals surface area contributed by atoms with Crippen molar-refractivity contribution in [2.45, 2.75) is 57.0 Å². The number of ether oxygens (including phenoxy) is 2. The van der Waals surface area contributed by atoms with Crippen LogP contribution in [0.1, 0.15) is 50.5 Å². The van der Waals surface area contributed by atoms with Crippen LogP contribution < -0.4 is 20.1 Å². The van der Waals surface area contributed by atoms with Gasteiger partial charge in [0.15, 0.2) is 5.17 Å². The summed E-state index contributed by atoms with van der Waals surface area (Å²) in [5.41, 5.74) is 1.91. The quantitative estimate of drug-likeness (QED) is 0.470. The molecule has 0 spiro atoms. The largest absolute Gasteiger partial charge is 0.497 e. The van der Waals surface area contributed by atoms with Gasteiger partial charge in [0.1, 0.15) is 23.4 Å². The Morgan fingerprint density at radius 1 is 1.05 bits per heavy atom. The predicted octanol–water partition coefficient (Wildman–Crippen LogP) is 4.26. The highest BCUT2D eigenvalue weighted by Gasteiger charge is 2.41. The van der Waals surface area contributed by atoms with Crippen LogP contribution in [0.25, 0.3) is 0 Å². The number of carbonyl (C=O) groups excluding carboxylic acids is 3. The Labute approximate surface area is 237 Å². The van der Waals surface area contributed by atoms with Crippen LogP contribution in [0.15, 0.2) is 52.4 Å². The molecule has 1 aliphatic carbocycles. The lowest BCUT2D eigenvalue weighted by atomic mass is 9.95. The molecule has 2 aromatic rings. The maximum atomic E-state index is 13.5. The summed E-state index contributed by atoms with van der Waals surface area (Å²) < 4.78 is 10.6. The minimum Gasteiger partial charge on any atom is -0.497 e. The van der Waals surface area contributed by atoms with Gasteiger partial charge in [0, 0.05) is 24.1 Å². The van der Waals surface area contributed by atoms with Crippen LogP contribution in [0.3, 0.4) is 0 Å². The smallest absolute Gasteiger partial charge is 0.259 e. The first-order valence-corrected chi connectivity index (χ1v) is 14.5. The monoisotopic (exact) mass is 563 g/mol. The number of rotatable bonds is 9. The molecule has 210 valence electrons. The number of hydrogen-bond donors (Lipinski definition) is 2. The van der Waals surface area contributed by atoms with Crippen molar-refractivity contribution in [1.82, 2.24) is 10.2 Å². The van der Waals surface area contributed by atoms with E-state index in [1.807, 2.05) is 24.3 Å². The van der Waals surface area contributed by atoms with E-state index < -0.39 is 6.04 Å². The summed E-state index contributed by atoms with van der Waals surface area (Å²) in [6.07, 6.45) is 6.05. The van der Waals surface area contributed by atoms with Gasteiger partial charge in [0.25, 0.3) is 5.91 Å². The van der Waals surface area contributed by atoms with Gasteiger partial charge < -0.3 is 20.1 Å². The Bertz CT molecular complexity index is 1350. The molecule has 2 heterocycles. The maximum Gasteiger partial charge on any atom is 0.259 e. The standard InChI is InChI=1S/C29H33N5O5S/c1-38-19-12-14-24(39-2)23(16-19)31-26(36)17-40-29-33-21-11-7-6-10-20(21)27-32-22(28(37)34(27)29)13-15-25(35)30-18-8-4-3-5-9-18/h6-7,10-12,14,16,18,22H,3-5,8-9,13,15,17H2,1-2H3,(H,30,35)(H,31,36)/t22-/m0/s1. The average Bonchev–Trinajstić information content (AvgIpc) is 3.31. The lowest BCUT2D eigenvalue weighted by molar-refractivity contribution is -0.125. The van der Waals surface area contributed by atoms with Crippen molar-refractivity contribution in [3.8, 4) is 11.5 Å². The number of carbonyl (C=O) groups is 3. The first-order valence-electron chi connectivity index (χ1n) is 13.5. The molecule has 10 nitrogen and oxygen atoms in total. The highest BCUT2D eigenvalue weighted by Crippen LogP contribution is 2.35. The molecule has 40 heavy (non-hydrogen) atoms. The molecule has 0 radical (unpaired) electrons. The number of fused-ring (bicyclic) bond motifs is 3. The van der Waals surface area contributed by atoms with Crippen LogP contribution in [0.5, 0.6) is 11.5 Å². The normalized spacial score (nSPS) is 18.3. The predicted molar refractivity (Wildman–Crippen MR) is 156 cm³/mol. The number of para-hydroxylation sites is 1. The second-order valence-corrected chi connectivity index (χ2v) is 10.8. The fourth-order valence-corrected chi connectivity index (χ4v) is 5.93. The second-order valence-electron chi connectivity index (χ2n) is 9.90. The van der Waals surface area contributed by atoms with Crippen LogP contribution >= 0.6 is 11.8 Å². The van der Waals surface area contributed by atoms with Crippen LogP contribution in [0, 0.1) is 0 Å². The molecule has 1 saturated carbocycles. The molecular weight excluding hydrogens is 530 g/mol. The highest BCUT2D eigenvalue weighted by atomic mass is 32.2. The van der Waals surface area contributed by atoms with Crippen LogP contribution in [-0.2, 0) is 14.4 Å². The summed E-state index contributed by atoms with van der Waals surface area (Å²) in [7, 11) is 3.07. The van der Waals surface area contributed by atoms with Crippen molar-refractivity contribution in [1.29, 1.82) is 0 Å². The van der Waals surface area contributed by atoms with E-state index in [0.29, 0.717) is 40.3 Å². The summed E-state index contributed by atoms with van der Waals surface area (Å²) in [6.45, 7) is 0. The van der Waals surface area contributed by atoms with Crippen LogP contribution in [0.4, 0.5) is 11.4 Å². The third-order valence-corrected chi connectivity index (χ3v) is 8.11. The van der Waals surface area contributed by atoms with Gasteiger partial charge in [0.2, 0.25) is 11.8 Å². The third-order valence-electron chi connectivity index (χ3n) is 7.18. The third kappa shape index (κ3) is 6.14. The molecule has 0 unspecified atom stereocenters. The molecule has 3 aliphatic rings. The number of amides is 3. The van der Waals surface area contributed by atoms with E-state index in [1.54, 1.807) is 25.3 Å². The van der Waals surface area contributed by atoms with Crippen molar-refractivity contribution in [2.75, 3.05) is 25.3 Å². The molecule has 0 aromatic heterocycles. The SMILES string of the molecule is COc1ccc(OC)c(NC(=O)CSC2=Nc3ccccc3C3=N[C@@H](CCC(=O)NC4CCCCC4)C(=O)N23)c1. The van der Waals surface area contributed by atoms with E-state index in [2.05, 4.69) is 15.6 Å². The number of aliphatic imine (C=N–C) groups is 2. The number of methoxy groups -OCH3 is 2. The van der Waals surface area contributed by atoms with Crippen molar-refractivity contribution in [3.05, 3.63) is 48.0 Å². The molecule has 0 saturated heterocycles. The van der Waals surface area contributed by atoms with Crippen molar-refractivity contribution < 1.29 is 23.9 Å². The number of nitrogens with one attached hydrogen (secondary N) is 2. The summed E-state index contributed by atoms with van der Waals surface area (Å²) in [5.74, 6) is 1.02. The average molecular weight is 564 g/mol. The fourth-order valence-electron chi connectivity index (χ4n) is 5.13. The molecule has 2 N–H and O–H groups in total. The zero-order chi connectivity index (χ0) is 28.1. The molecule has 5 rings (SSSR count). The summed E-state index contributed by atoms with van der Waals surface area (Å²) in [5, 5.41) is 6.33. The topological polar surface area (TPSA) is 122 Å². The van der Waals surface area contributed by atoms with Gasteiger partial charge in [-0.2, -0.15) is 0 Å². The highest BCUT2D eigenvalue weighted by molar-refractivity contribution is 8.14. The lowest BCUT2D eigenvalue weighted by Gasteiger charge is -2.25. The zero-order valence-corrected chi connectivity index (χ0v) is 23.5. The van der Waals surface area contributed by atoms with E-state index in [1.165, 1.54) is 18.4 Å². The molecule has 2 aliphatic heterocycles. The molecule has 3 amide bonds. The van der Waals surface area contributed by atoms with E-state index in [4.69, 9.17) is 14.5 Å². The Morgan fingerprint density at radius 3 is 2.62 bits per heavy atom.